The first-order valence-electron chi connectivity index (χ1n) is 10.6. The van der Waals surface area contributed by atoms with Gasteiger partial charge in [-0.25, -0.2) is 4.98 Å². The number of anilines is 1. The average molecular weight is 438 g/mol. The molecule has 0 bridgehead atoms. The second-order valence-electron chi connectivity index (χ2n) is 8.16. The topological polar surface area (TPSA) is 109 Å². The summed E-state index contributed by atoms with van der Waals surface area (Å²) in [6, 6.07) is 5.33. The van der Waals surface area contributed by atoms with Crippen LogP contribution in [0.25, 0.3) is 11.0 Å². The monoisotopic (exact) mass is 437 g/mol. The number of nitrogens with one attached hydrogen (secondary N) is 2. The smallest absolute Gasteiger partial charge is 0.276 e. The number of H-pyrrole nitrogens is 1. The van der Waals surface area contributed by atoms with E-state index in [1.165, 1.54) is 4.68 Å². The third-order valence-corrected chi connectivity index (χ3v) is 5.96. The highest BCUT2D eigenvalue weighted by molar-refractivity contribution is 5.99. The van der Waals surface area contributed by atoms with Gasteiger partial charge in [-0.05, 0) is 49.6 Å². The number of ether oxygens (including phenoxy) is 1. The van der Waals surface area contributed by atoms with Gasteiger partial charge in [-0.15, -0.1) is 0 Å². The first-order chi connectivity index (χ1) is 15.3. The molecule has 1 saturated heterocycles. The molecule has 0 unspecified atom stereocenters. The van der Waals surface area contributed by atoms with E-state index in [-0.39, 0.29) is 23.8 Å². The van der Waals surface area contributed by atoms with Crippen LogP contribution < -0.4 is 10.9 Å². The number of amides is 2. The van der Waals surface area contributed by atoms with E-state index >= 15 is 0 Å². The highest BCUT2D eigenvalue weighted by atomic mass is 16.5. The Balaban J connectivity index is 1.55. The van der Waals surface area contributed by atoms with E-state index in [1.807, 2.05) is 26.8 Å². The fraction of sp³-hybridized carbons (Fsp3) is 0.391. The first-order valence-corrected chi connectivity index (χ1v) is 10.6. The zero-order valence-corrected chi connectivity index (χ0v) is 18.7. The highest BCUT2D eigenvalue weighted by Crippen LogP contribution is 2.22. The molecule has 9 heteroatoms. The fourth-order valence-electron chi connectivity index (χ4n) is 4.10. The van der Waals surface area contributed by atoms with Gasteiger partial charge in [0.2, 0.25) is 5.91 Å². The van der Waals surface area contributed by atoms with Crippen molar-refractivity contribution < 1.29 is 14.3 Å². The molecule has 9 nitrogen and oxygen atoms in total. The van der Waals surface area contributed by atoms with E-state index in [2.05, 4.69) is 15.4 Å². The van der Waals surface area contributed by atoms with Gasteiger partial charge in [0, 0.05) is 37.1 Å². The van der Waals surface area contributed by atoms with Crippen molar-refractivity contribution in [3.8, 4) is 0 Å². The van der Waals surface area contributed by atoms with Crippen molar-refractivity contribution in [2.24, 2.45) is 7.05 Å². The molecular weight excluding hydrogens is 410 g/mol. The van der Waals surface area contributed by atoms with Crippen LogP contribution >= 0.6 is 0 Å². The van der Waals surface area contributed by atoms with Gasteiger partial charge in [0.25, 0.3) is 11.5 Å². The number of aromatic amines is 1. The molecule has 2 aromatic heterocycles. The predicted molar refractivity (Wildman–Crippen MR) is 121 cm³/mol. The van der Waals surface area contributed by atoms with Gasteiger partial charge in [0.05, 0.1) is 25.0 Å². The van der Waals surface area contributed by atoms with Crippen LogP contribution in [-0.2, 0) is 23.0 Å². The van der Waals surface area contributed by atoms with Gasteiger partial charge in [-0.2, -0.15) is 0 Å². The number of carbonyl (C=O) groups excluding carboxylic acids is 2. The van der Waals surface area contributed by atoms with Crippen molar-refractivity contribution in [1.29, 1.82) is 0 Å². The number of carbonyl (C=O) groups is 2. The lowest BCUT2D eigenvalue weighted by molar-refractivity contribution is -0.115. The first kappa shape index (κ1) is 21.8. The number of aryl methyl sites for hydroxylation is 4. The van der Waals surface area contributed by atoms with Gasteiger partial charge in [0.1, 0.15) is 0 Å². The number of pyridine rings is 1. The van der Waals surface area contributed by atoms with Crippen LogP contribution in [0.2, 0.25) is 0 Å². The minimum atomic E-state index is -0.238. The Kier molecular flexibility index (Phi) is 5.84. The fourth-order valence-corrected chi connectivity index (χ4v) is 4.10. The summed E-state index contributed by atoms with van der Waals surface area (Å²) in [5.74, 6) is -0.301. The van der Waals surface area contributed by atoms with Crippen LogP contribution in [-0.4, -0.2) is 57.8 Å². The molecule has 2 N–H and O–H groups in total. The quantitative estimate of drug-likeness (QED) is 0.647. The van der Waals surface area contributed by atoms with Gasteiger partial charge in [-0.3, -0.25) is 24.2 Å². The minimum Gasteiger partial charge on any atom is -0.378 e. The molecular formula is C23H27N5O4. The molecule has 0 atom stereocenters. The molecule has 32 heavy (non-hydrogen) atoms. The molecule has 1 aliphatic heterocycles. The van der Waals surface area contributed by atoms with Crippen LogP contribution in [0.15, 0.2) is 23.0 Å². The van der Waals surface area contributed by atoms with Gasteiger partial charge >= 0.3 is 0 Å². The molecule has 1 aliphatic rings. The lowest BCUT2D eigenvalue weighted by Gasteiger charge is -2.27. The summed E-state index contributed by atoms with van der Waals surface area (Å²) in [5, 5.41) is 6.31. The summed E-state index contributed by atoms with van der Waals surface area (Å²) in [6.07, 6.45) is 0.0789. The van der Waals surface area contributed by atoms with Crippen LogP contribution in [0.5, 0.6) is 0 Å². The number of fused-ring (bicyclic) bond motifs is 1. The number of nitrogens with zero attached hydrogens (tertiary/aromatic N) is 3. The van der Waals surface area contributed by atoms with Crippen LogP contribution in [0.4, 0.5) is 5.69 Å². The number of rotatable bonds is 4. The van der Waals surface area contributed by atoms with E-state index in [4.69, 9.17) is 4.74 Å². The number of aromatic nitrogens is 3. The van der Waals surface area contributed by atoms with E-state index in [1.54, 1.807) is 24.1 Å². The number of hydrogen-bond donors (Lipinski definition) is 2. The SMILES string of the molecule is Cc1ccc(NC(=O)Cc2c(C)nc3[nH]n(C)c(=O)c3c2C)cc1C(=O)N1CCOCC1. The Morgan fingerprint density at radius 1 is 1.19 bits per heavy atom. The van der Waals surface area contributed by atoms with E-state index in [9.17, 15) is 14.4 Å². The number of hydrogen-bond acceptors (Lipinski definition) is 5. The van der Waals surface area contributed by atoms with Crippen LogP contribution in [0, 0.1) is 20.8 Å². The molecule has 0 spiro atoms. The zero-order valence-electron chi connectivity index (χ0n) is 18.7. The average Bonchev–Trinajstić information content (AvgIpc) is 3.05. The van der Waals surface area contributed by atoms with Gasteiger partial charge in [0.15, 0.2) is 5.65 Å². The summed E-state index contributed by atoms with van der Waals surface area (Å²) in [7, 11) is 1.64. The van der Waals surface area contributed by atoms with Crippen molar-refractivity contribution >= 4 is 28.5 Å². The molecule has 1 fully saturated rings. The summed E-state index contributed by atoms with van der Waals surface area (Å²) in [6.45, 7) is 7.71. The van der Waals surface area contributed by atoms with E-state index < -0.39 is 0 Å². The Bertz CT molecular complexity index is 1270. The van der Waals surface area contributed by atoms with E-state index in [0.29, 0.717) is 54.3 Å². The van der Waals surface area contributed by atoms with Crippen LogP contribution in [0.3, 0.4) is 0 Å². The van der Waals surface area contributed by atoms with Gasteiger partial charge < -0.3 is 15.0 Å². The van der Waals surface area contributed by atoms with Crippen molar-refractivity contribution in [1.82, 2.24) is 19.7 Å². The summed E-state index contributed by atoms with van der Waals surface area (Å²) in [4.78, 5) is 44.4. The molecule has 0 saturated carbocycles. The lowest BCUT2D eigenvalue weighted by atomic mass is 10.0. The van der Waals surface area contributed by atoms with Crippen LogP contribution in [0.1, 0.15) is 32.7 Å². The summed E-state index contributed by atoms with van der Waals surface area (Å²) >= 11 is 0. The molecule has 2 amide bonds. The van der Waals surface area contributed by atoms with Crippen molar-refractivity contribution in [2.75, 3.05) is 31.6 Å². The normalized spacial score (nSPS) is 14.1. The van der Waals surface area contributed by atoms with Crippen molar-refractivity contribution in [2.45, 2.75) is 27.2 Å². The Hall–Kier alpha value is -3.46. The second-order valence-corrected chi connectivity index (χ2v) is 8.16. The molecule has 1 aromatic carbocycles. The maximum atomic E-state index is 12.9. The largest absolute Gasteiger partial charge is 0.378 e. The summed E-state index contributed by atoms with van der Waals surface area (Å²) < 4.78 is 6.71. The van der Waals surface area contributed by atoms with Crippen molar-refractivity contribution in [3.05, 3.63) is 56.5 Å². The maximum absolute atomic E-state index is 12.9. The highest BCUT2D eigenvalue weighted by Gasteiger charge is 2.21. The third-order valence-electron chi connectivity index (χ3n) is 5.96. The standard InChI is InChI=1S/C23H27N5O4/c1-13-5-6-16(11-17(13)22(30)28-7-9-32-10-8-28)25-19(29)12-18-14(2)20-21(24-15(18)3)26-27(4)23(20)31/h5-6,11H,7-10,12H2,1-4H3,(H,24,26)(H,25,29). The molecule has 0 radical (unpaired) electrons. The lowest BCUT2D eigenvalue weighted by Crippen LogP contribution is -2.41. The summed E-state index contributed by atoms with van der Waals surface area (Å²) in [5.41, 5.74) is 4.48. The molecule has 0 aliphatic carbocycles. The number of benzene rings is 1. The Labute approximate surface area is 185 Å². The van der Waals surface area contributed by atoms with E-state index in [0.717, 1.165) is 16.7 Å². The second kappa shape index (κ2) is 8.58. The number of morpholine rings is 1. The zero-order chi connectivity index (χ0) is 23.0. The molecule has 3 heterocycles. The molecule has 3 aromatic rings. The Morgan fingerprint density at radius 2 is 1.91 bits per heavy atom. The molecule has 168 valence electrons. The molecule has 4 rings (SSSR count). The van der Waals surface area contributed by atoms with Gasteiger partial charge in [-0.1, -0.05) is 6.07 Å². The third kappa shape index (κ3) is 4.03. The maximum Gasteiger partial charge on any atom is 0.276 e. The minimum absolute atomic E-state index is 0.0634. The Morgan fingerprint density at radius 3 is 2.62 bits per heavy atom. The van der Waals surface area contributed by atoms with Crippen molar-refractivity contribution in [3.63, 3.8) is 0 Å². The predicted octanol–water partition coefficient (Wildman–Crippen LogP) is 1.84.